The van der Waals surface area contributed by atoms with Crippen molar-refractivity contribution in [3.05, 3.63) is 65.7 Å². The van der Waals surface area contributed by atoms with E-state index < -0.39 is 0 Å². The van der Waals surface area contributed by atoms with Crippen LogP contribution in [0.3, 0.4) is 0 Å². The summed E-state index contributed by atoms with van der Waals surface area (Å²) in [4.78, 5) is 12.4. The number of amides is 1. The third kappa shape index (κ3) is 4.33. The van der Waals surface area contributed by atoms with Gasteiger partial charge >= 0.3 is 0 Å². The zero-order chi connectivity index (χ0) is 16.1. The van der Waals surface area contributed by atoms with Crippen molar-refractivity contribution in [3.63, 3.8) is 0 Å². The summed E-state index contributed by atoms with van der Waals surface area (Å²) in [6.07, 6.45) is 2.31. The van der Waals surface area contributed by atoms with Gasteiger partial charge in [-0.1, -0.05) is 36.4 Å². The molecule has 120 valence electrons. The van der Waals surface area contributed by atoms with Crippen molar-refractivity contribution < 1.29 is 9.53 Å². The lowest BCUT2D eigenvalue weighted by Crippen LogP contribution is -2.41. The summed E-state index contributed by atoms with van der Waals surface area (Å²) in [6, 6.07) is 17.3. The molecule has 3 N–H and O–H groups in total. The molecule has 0 heterocycles. The van der Waals surface area contributed by atoms with Gasteiger partial charge in [0.2, 0.25) is 0 Å². The SMILES string of the molecule is NCC(NC(=O)c1cccc(OCc2ccccc2)c1)C1CC1. The summed E-state index contributed by atoms with van der Waals surface area (Å²) >= 11 is 0. The Bertz CT molecular complexity index is 653. The van der Waals surface area contributed by atoms with Gasteiger partial charge in [0.15, 0.2) is 0 Å². The molecule has 0 saturated heterocycles. The van der Waals surface area contributed by atoms with Crippen LogP contribution in [0, 0.1) is 5.92 Å². The Balaban J connectivity index is 1.61. The summed E-state index contributed by atoms with van der Waals surface area (Å²) in [5.74, 6) is 1.15. The highest BCUT2D eigenvalue weighted by molar-refractivity contribution is 5.94. The van der Waals surface area contributed by atoms with Crippen LogP contribution < -0.4 is 15.8 Å². The largest absolute Gasteiger partial charge is 0.489 e. The van der Waals surface area contributed by atoms with Crippen molar-refractivity contribution in [2.45, 2.75) is 25.5 Å². The maximum absolute atomic E-state index is 12.4. The van der Waals surface area contributed by atoms with Gasteiger partial charge in [0.05, 0.1) is 0 Å². The maximum Gasteiger partial charge on any atom is 0.251 e. The summed E-state index contributed by atoms with van der Waals surface area (Å²) < 4.78 is 5.77. The van der Waals surface area contributed by atoms with Gasteiger partial charge in [-0.05, 0) is 42.5 Å². The van der Waals surface area contributed by atoms with Crippen LogP contribution in [-0.2, 0) is 6.61 Å². The smallest absolute Gasteiger partial charge is 0.251 e. The van der Waals surface area contributed by atoms with E-state index in [-0.39, 0.29) is 11.9 Å². The predicted molar refractivity (Wildman–Crippen MR) is 90.2 cm³/mol. The number of carbonyl (C=O) groups is 1. The highest BCUT2D eigenvalue weighted by Crippen LogP contribution is 2.32. The van der Waals surface area contributed by atoms with Crippen molar-refractivity contribution in [1.82, 2.24) is 5.32 Å². The van der Waals surface area contributed by atoms with E-state index in [0.29, 0.717) is 30.4 Å². The second kappa shape index (κ2) is 7.29. The first-order valence-corrected chi connectivity index (χ1v) is 8.04. The Morgan fingerprint density at radius 3 is 2.65 bits per heavy atom. The van der Waals surface area contributed by atoms with E-state index in [1.807, 2.05) is 42.5 Å². The molecule has 0 radical (unpaired) electrons. The first kappa shape index (κ1) is 15.6. The molecule has 1 fully saturated rings. The van der Waals surface area contributed by atoms with Crippen molar-refractivity contribution >= 4 is 5.91 Å². The number of hydrogen-bond donors (Lipinski definition) is 2. The Labute approximate surface area is 136 Å². The van der Waals surface area contributed by atoms with Gasteiger partial charge in [-0.2, -0.15) is 0 Å². The van der Waals surface area contributed by atoms with Gasteiger partial charge in [0.25, 0.3) is 5.91 Å². The molecule has 1 saturated carbocycles. The van der Waals surface area contributed by atoms with Crippen molar-refractivity contribution in [2.24, 2.45) is 11.7 Å². The average Bonchev–Trinajstić information content (AvgIpc) is 3.44. The number of nitrogens with one attached hydrogen (secondary N) is 1. The first-order chi connectivity index (χ1) is 11.3. The molecule has 0 bridgehead atoms. The van der Waals surface area contributed by atoms with Crippen LogP contribution in [0.2, 0.25) is 0 Å². The molecule has 0 aromatic heterocycles. The highest BCUT2D eigenvalue weighted by atomic mass is 16.5. The van der Waals surface area contributed by atoms with Crippen LogP contribution in [0.4, 0.5) is 0 Å². The number of nitrogens with two attached hydrogens (primary N) is 1. The molecular weight excluding hydrogens is 288 g/mol. The van der Waals surface area contributed by atoms with Crippen LogP contribution in [0.25, 0.3) is 0 Å². The molecule has 4 heteroatoms. The number of ether oxygens (including phenoxy) is 1. The van der Waals surface area contributed by atoms with E-state index >= 15 is 0 Å². The third-order valence-electron chi connectivity index (χ3n) is 4.11. The Hall–Kier alpha value is -2.33. The molecule has 0 aliphatic heterocycles. The minimum Gasteiger partial charge on any atom is -0.489 e. The van der Waals surface area contributed by atoms with Crippen molar-refractivity contribution in [3.8, 4) is 5.75 Å². The second-order valence-corrected chi connectivity index (χ2v) is 5.96. The molecule has 3 rings (SSSR count). The van der Waals surface area contributed by atoms with Crippen LogP contribution >= 0.6 is 0 Å². The van der Waals surface area contributed by atoms with Crippen LogP contribution in [0.15, 0.2) is 54.6 Å². The third-order valence-corrected chi connectivity index (χ3v) is 4.11. The Morgan fingerprint density at radius 1 is 1.17 bits per heavy atom. The van der Waals surface area contributed by atoms with Gasteiger partial charge < -0.3 is 15.8 Å². The zero-order valence-electron chi connectivity index (χ0n) is 13.1. The Morgan fingerprint density at radius 2 is 1.96 bits per heavy atom. The number of hydrogen-bond acceptors (Lipinski definition) is 3. The van der Waals surface area contributed by atoms with Gasteiger partial charge in [0, 0.05) is 18.2 Å². The molecule has 1 amide bonds. The van der Waals surface area contributed by atoms with Gasteiger partial charge in [0.1, 0.15) is 12.4 Å². The van der Waals surface area contributed by atoms with E-state index in [1.165, 1.54) is 0 Å². The maximum atomic E-state index is 12.4. The van der Waals surface area contributed by atoms with E-state index in [0.717, 1.165) is 18.4 Å². The fourth-order valence-electron chi connectivity index (χ4n) is 2.59. The molecule has 1 unspecified atom stereocenters. The fourth-order valence-corrected chi connectivity index (χ4v) is 2.59. The zero-order valence-corrected chi connectivity index (χ0v) is 13.1. The van der Waals surface area contributed by atoms with E-state index in [1.54, 1.807) is 12.1 Å². The number of carbonyl (C=O) groups excluding carboxylic acids is 1. The molecule has 2 aromatic rings. The fraction of sp³-hybridized carbons (Fsp3) is 0.316. The van der Waals surface area contributed by atoms with E-state index in [2.05, 4.69) is 5.32 Å². The lowest BCUT2D eigenvalue weighted by molar-refractivity contribution is 0.0933. The normalized spacial score (nSPS) is 15.0. The highest BCUT2D eigenvalue weighted by Gasteiger charge is 2.31. The lowest BCUT2D eigenvalue weighted by Gasteiger charge is -2.16. The minimum atomic E-state index is -0.0856. The monoisotopic (exact) mass is 310 g/mol. The molecule has 0 spiro atoms. The van der Waals surface area contributed by atoms with Crippen LogP contribution in [-0.4, -0.2) is 18.5 Å². The average molecular weight is 310 g/mol. The quantitative estimate of drug-likeness (QED) is 0.826. The van der Waals surface area contributed by atoms with Crippen LogP contribution in [0.1, 0.15) is 28.8 Å². The standard InChI is InChI=1S/C19H22N2O2/c20-12-18(15-9-10-15)21-19(22)16-7-4-8-17(11-16)23-13-14-5-2-1-3-6-14/h1-8,11,15,18H,9-10,12-13,20H2,(H,21,22). The summed E-state index contributed by atoms with van der Waals surface area (Å²) in [5, 5.41) is 3.03. The van der Waals surface area contributed by atoms with Crippen molar-refractivity contribution in [2.75, 3.05) is 6.54 Å². The molecular formula is C19H22N2O2. The second-order valence-electron chi connectivity index (χ2n) is 5.96. The number of benzene rings is 2. The molecule has 4 nitrogen and oxygen atoms in total. The van der Waals surface area contributed by atoms with Gasteiger partial charge in [-0.15, -0.1) is 0 Å². The topological polar surface area (TPSA) is 64.3 Å². The van der Waals surface area contributed by atoms with Gasteiger partial charge in [-0.3, -0.25) is 4.79 Å². The number of rotatable bonds is 7. The molecule has 1 aliphatic carbocycles. The Kier molecular flexibility index (Phi) is 4.93. The summed E-state index contributed by atoms with van der Waals surface area (Å²) in [5.41, 5.74) is 7.45. The molecule has 2 aromatic carbocycles. The predicted octanol–water partition coefficient (Wildman–Crippen LogP) is 2.73. The van der Waals surface area contributed by atoms with Crippen molar-refractivity contribution in [1.29, 1.82) is 0 Å². The molecule has 1 atom stereocenters. The van der Waals surface area contributed by atoms with E-state index in [9.17, 15) is 4.79 Å². The minimum absolute atomic E-state index is 0.0800. The van der Waals surface area contributed by atoms with Crippen LogP contribution in [0.5, 0.6) is 5.75 Å². The van der Waals surface area contributed by atoms with E-state index in [4.69, 9.17) is 10.5 Å². The first-order valence-electron chi connectivity index (χ1n) is 8.04. The summed E-state index contributed by atoms with van der Waals surface area (Å²) in [7, 11) is 0. The lowest BCUT2D eigenvalue weighted by atomic mass is 10.1. The molecule has 1 aliphatic rings. The summed E-state index contributed by atoms with van der Waals surface area (Å²) in [6.45, 7) is 0.972. The molecule has 23 heavy (non-hydrogen) atoms. The van der Waals surface area contributed by atoms with Gasteiger partial charge in [-0.25, -0.2) is 0 Å².